The molecule has 1 unspecified atom stereocenters. The standard InChI is InChI=1S/C61H103N7O16S/c1-15-36-85(37-16-2,81-35-34-79-33-32-78-31-30-77-28-26-62)80-29-27-63-61(76)83-50-25-24-44(9)59(74)82-51(38-41(5)6)55(70)64-46(11)57(72)68(14)49(39-48-22-20-19-21-23-48)58(73)67(13)40-52(69)66-53(42(7)17-3)56(71)65-47(12)60(75)84-54(45(50)10)43(8)18-4/h18-24,41-42,45-47,49-51,53-54H,15-17,25-40,62H2,1-14H3,(H,63,76)(H,64,70)(H,65,71)(H,66,69)/b43-18+,44-24+/t42?,45-,46-,47+,49+,50-,51+,53-,54+/m0/s1. The van der Waals surface area contributed by atoms with Crippen LogP contribution in [0.4, 0.5) is 4.79 Å². The van der Waals surface area contributed by atoms with Gasteiger partial charge in [-0.3, -0.25) is 32.3 Å². The van der Waals surface area contributed by atoms with Crippen LogP contribution in [0.25, 0.3) is 0 Å². The second-order valence-electron chi connectivity index (χ2n) is 21.9. The van der Waals surface area contributed by atoms with Crippen molar-refractivity contribution in [1.29, 1.82) is 0 Å². The van der Waals surface area contributed by atoms with E-state index in [1.165, 1.54) is 45.8 Å². The molecule has 6 amide bonds. The number of carbonyl (C=O) groups is 8. The summed E-state index contributed by atoms with van der Waals surface area (Å²) in [6.45, 7) is 23.9. The van der Waals surface area contributed by atoms with Crippen molar-refractivity contribution in [3.63, 3.8) is 0 Å². The van der Waals surface area contributed by atoms with E-state index < -0.39 is 119 Å². The molecule has 0 radical (unpaired) electrons. The van der Waals surface area contributed by atoms with Gasteiger partial charge in [-0.05, 0) is 76.9 Å². The first kappa shape index (κ1) is 75.5. The number of amides is 6. The smallest absolute Gasteiger partial charge is 0.407 e. The second kappa shape index (κ2) is 40.7. The van der Waals surface area contributed by atoms with Crippen LogP contribution in [0.15, 0.2) is 53.6 Å². The number of likely N-dealkylation sites (N-methyl/N-ethyl adjacent to an activating group) is 2. The highest BCUT2D eigenvalue weighted by Crippen LogP contribution is 2.51. The molecular weight excluding hydrogens is 1120 g/mol. The average Bonchev–Trinajstić information content (AvgIpc) is 3.68. The maximum atomic E-state index is 14.4. The van der Waals surface area contributed by atoms with Gasteiger partial charge in [0.15, 0.2) is 6.10 Å². The van der Waals surface area contributed by atoms with Crippen LogP contribution >= 0.6 is 10.6 Å². The van der Waals surface area contributed by atoms with E-state index in [2.05, 4.69) is 21.3 Å². The molecule has 85 heavy (non-hydrogen) atoms. The van der Waals surface area contributed by atoms with E-state index in [0.717, 1.165) is 23.3 Å². The first-order chi connectivity index (χ1) is 40.4. The van der Waals surface area contributed by atoms with Crippen molar-refractivity contribution >= 4 is 58.2 Å². The SMILES string of the molecule is C/C=C(\C)[C@H]1OC(=O)[C@@H](C)NC(=O)[C@H](C(C)CC)NC(=O)CN(C)C(=O)[C@@H](Cc2ccccc2)N(C)C(=O)[C@H](C)NC(=O)[C@@H](CC(C)C)OC(=O)/C(C)=C/C[C@H](OC(=O)NCCOS(CCC)(CCC)OCCOCCOCCOCCN)[C@@H]1C. The van der Waals surface area contributed by atoms with Gasteiger partial charge in [0, 0.05) is 63.0 Å². The Kier molecular flexibility index (Phi) is 36.1. The van der Waals surface area contributed by atoms with Gasteiger partial charge in [0.05, 0.1) is 59.4 Å². The summed E-state index contributed by atoms with van der Waals surface area (Å²) < 4.78 is 47.6. The van der Waals surface area contributed by atoms with E-state index in [0.29, 0.717) is 76.3 Å². The average molecular weight is 1220 g/mol. The molecule has 484 valence electrons. The summed E-state index contributed by atoms with van der Waals surface area (Å²) in [5.41, 5.74) is 6.81. The minimum atomic E-state index is -2.02. The third-order valence-corrected chi connectivity index (χ3v) is 17.5. The number of hydrogen-bond acceptors (Lipinski definition) is 17. The lowest BCUT2D eigenvalue weighted by Gasteiger charge is -2.43. The van der Waals surface area contributed by atoms with Crippen LogP contribution in [-0.4, -0.2) is 198 Å². The van der Waals surface area contributed by atoms with Crippen LogP contribution in [0, 0.1) is 17.8 Å². The van der Waals surface area contributed by atoms with Gasteiger partial charge in [0.25, 0.3) is 5.91 Å². The maximum Gasteiger partial charge on any atom is 0.407 e. The quantitative estimate of drug-likeness (QED) is 0.0301. The number of alkyl carbamates (subject to hydrolysis) is 1. The summed E-state index contributed by atoms with van der Waals surface area (Å²) in [7, 11) is 0.817. The highest BCUT2D eigenvalue weighted by atomic mass is 32.3. The molecule has 24 heteroatoms. The van der Waals surface area contributed by atoms with Gasteiger partial charge >= 0.3 is 18.0 Å². The lowest BCUT2D eigenvalue weighted by molar-refractivity contribution is -0.155. The molecule has 1 aliphatic rings. The predicted molar refractivity (Wildman–Crippen MR) is 327 cm³/mol. The van der Waals surface area contributed by atoms with Crippen LogP contribution in [-0.2, 0) is 76.8 Å². The Morgan fingerprint density at radius 3 is 1.96 bits per heavy atom. The minimum absolute atomic E-state index is 0.0417. The highest BCUT2D eigenvalue weighted by molar-refractivity contribution is 8.25. The molecule has 0 aliphatic carbocycles. The number of nitrogens with two attached hydrogens (primary N) is 1. The van der Waals surface area contributed by atoms with E-state index in [9.17, 15) is 38.4 Å². The molecular formula is C61H103N7O16S. The van der Waals surface area contributed by atoms with E-state index in [1.807, 2.05) is 40.7 Å². The molecule has 0 fully saturated rings. The fourth-order valence-corrected chi connectivity index (χ4v) is 11.8. The number of rotatable bonds is 28. The summed E-state index contributed by atoms with van der Waals surface area (Å²) in [6, 6.07) is 4.24. The summed E-state index contributed by atoms with van der Waals surface area (Å²) >= 11 is 0. The number of nitrogens with zero attached hydrogens (tertiary/aromatic N) is 2. The largest absolute Gasteiger partial charge is 0.456 e. The van der Waals surface area contributed by atoms with Crippen molar-refractivity contribution in [2.75, 3.05) is 98.1 Å². The summed E-state index contributed by atoms with van der Waals surface area (Å²) in [6.07, 6.45) is 1.07. The number of allylic oxidation sites excluding steroid dienone is 1. The monoisotopic (exact) mass is 1220 g/mol. The third kappa shape index (κ3) is 27.3. The van der Waals surface area contributed by atoms with Gasteiger partial charge in [-0.1, -0.05) is 97.4 Å². The van der Waals surface area contributed by atoms with Crippen LogP contribution < -0.4 is 27.0 Å². The van der Waals surface area contributed by atoms with Gasteiger partial charge in [0.2, 0.25) is 23.6 Å². The second-order valence-corrected chi connectivity index (χ2v) is 24.7. The Bertz CT molecular complexity index is 2290. The Labute approximate surface area is 507 Å². The Morgan fingerprint density at radius 2 is 1.39 bits per heavy atom. The first-order valence-electron chi connectivity index (χ1n) is 30.0. The molecule has 0 saturated heterocycles. The van der Waals surface area contributed by atoms with Crippen molar-refractivity contribution in [2.24, 2.45) is 23.5 Å². The molecule has 0 bridgehead atoms. The predicted octanol–water partition coefficient (Wildman–Crippen LogP) is 5.47. The van der Waals surface area contributed by atoms with Crippen LogP contribution in [0.3, 0.4) is 0 Å². The molecule has 6 N–H and O–H groups in total. The van der Waals surface area contributed by atoms with Gasteiger partial charge in [-0.25, -0.2) is 14.4 Å². The van der Waals surface area contributed by atoms with Crippen molar-refractivity contribution < 1.29 is 75.1 Å². The lowest BCUT2D eigenvalue weighted by Crippen LogP contribution is -2.57. The zero-order valence-electron chi connectivity index (χ0n) is 53.2. The number of ether oxygens (including phenoxy) is 6. The van der Waals surface area contributed by atoms with Gasteiger partial charge in [-0.2, -0.15) is 10.6 Å². The molecule has 0 saturated carbocycles. The van der Waals surface area contributed by atoms with E-state index in [1.54, 1.807) is 58.0 Å². The molecule has 1 aliphatic heterocycles. The summed E-state index contributed by atoms with van der Waals surface area (Å²) in [4.78, 5) is 115. The van der Waals surface area contributed by atoms with Gasteiger partial charge < -0.3 is 65.2 Å². The zero-order chi connectivity index (χ0) is 63.6. The van der Waals surface area contributed by atoms with Gasteiger partial charge in [0.1, 0.15) is 36.4 Å². The molecule has 1 aromatic rings. The van der Waals surface area contributed by atoms with E-state index in [-0.39, 0.29) is 43.9 Å². The number of carbonyl (C=O) groups excluding carboxylic acids is 8. The molecule has 1 heterocycles. The molecule has 9 atom stereocenters. The van der Waals surface area contributed by atoms with Crippen molar-refractivity contribution in [3.05, 3.63) is 59.2 Å². The Balaban J connectivity index is 2.56. The maximum absolute atomic E-state index is 14.4. The highest BCUT2D eigenvalue weighted by Gasteiger charge is 2.38. The van der Waals surface area contributed by atoms with Crippen molar-refractivity contribution in [1.82, 2.24) is 31.1 Å². The Morgan fingerprint density at radius 1 is 0.800 bits per heavy atom. The van der Waals surface area contributed by atoms with E-state index in [4.69, 9.17) is 42.5 Å². The topological polar surface area (TPSA) is 291 Å². The number of nitrogens with one attached hydrogen (secondary N) is 4. The van der Waals surface area contributed by atoms with Crippen LogP contribution in [0.1, 0.15) is 121 Å². The molecule has 0 spiro atoms. The summed E-state index contributed by atoms with van der Waals surface area (Å²) in [5, 5.41) is 10.9. The summed E-state index contributed by atoms with van der Waals surface area (Å²) in [5.74, 6) is -5.04. The fourth-order valence-electron chi connectivity index (χ4n) is 9.08. The van der Waals surface area contributed by atoms with Crippen LogP contribution in [0.2, 0.25) is 0 Å². The number of hydrogen-bond donors (Lipinski definition) is 5. The van der Waals surface area contributed by atoms with Crippen LogP contribution in [0.5, 0.6) is 0 Å². The zero-order valence-corrected chi connectivity index (χ0v) is 54.0. The normalized spacial score (nSPS) is 23.9. The molecule has 2 rings (SSSR count). The lowest BCUT2D eigenvalue weighted by atomic mass is 9.90. The van der Waals surface area contributed by atoms with Crippen molar-refractivity contribution in [2.45, 2.75) is 164 Å². The number of esters is 2. The fraction of sp³-hybridized carbons (Fsp3) is 0.705. The molecule has 23 nitrogen and oxygen atoms in total. The third-order valence-electron chi connectivity index (χ3n) is 14.3. The van der Waals surface area contributed by atoms with Gasteiger partial charge in [-0.15, -0.1) is 0 Å². The minimum Gasteiger partial charge on any atom is -0.456 e. The number of cyclic esters (lactones) is 2. The first-order valence-corrected chi connectivity index (χ1v) is 31.8. The molecule has 1 aromatic carbocycles. The Hall–Kier alpha value is -5.63. The molecule has 0 aromatic heterocycles. The van der Waals surface area contributed by atoms with Crippen molar-refractivity contribution in [3.8, 4) is 0 Å². The number of benzene rings is 1. The van der Waals surface area contributed by atoms with E-state index >= 15 is 0 Å².